The molecular formula is C23H44O6. The van der Waals surface area contributed by atoms with Gasteiger partial charge in [-0.15, -0.1) is 0 Å². The molecule has 6 nitrogen and oxygen atoms in total. The van der Waals surface area contributed by atoms with E-state index in [-0.39, 0.29) is 19.2 Å². The Kier molecular flexibility index (Phi) is 20.7. The van der Waals surface area contributed by atoms with Crippen molar-refractivity contribution in [1.29, 1.82) is 0 Å². The Bertz CT molecular complexity index is 386. The van der Waals surface area contributed by atoms with E-state index in [0.717, 1.165) is 32.1 Å². The number of unbranched alkanes of at least 4 members (excludes halogenated alkanes) is 15. The predicted octanol–water partition coefficient (Wildman–Crippen LogP) is 4.99. The minimum absolute atomic E-state index is 0.121. The third-order valence-electron chi connectivity index (χ3n) is 5.17. The second kappa shape index (κ2) is 21.6. The van der Waals surface area contributed by atoms with Crippen molar-refractivity contribution in [3.05, 3.63) is 0 Å². The van der Waals surface area contributed by atoms with Gasteiger partial charge < -0.3 is 20.1 Å². The van der Waals surface area contributed by atoms with Crippen molar-refractivity contribution in [2.45, 2.75) is 122 Å². The second-order valence-electron chi connectivity index (χ2n) is 8.07. The number of carboxylic acids is 1. The summed E-state index contributed by atoms with van der Waals surface area (Å²) in [6, 6.07) is 0. The van der Waals surface area contributed by atoms with Crippen molar-refractivity contribution in [2.75, 3.05) is 13.2 Å². The molecule has 0 rings (SSSR count). The van der Waals surface area contributed by atoms with Crippen LogP contribution in [0, 0.1) is 0 Å². The quantitative estimate of drug-likeness (QED) is 0.170. The average molecular weight is 417 g/mol. The highest BCUT2D eigenvalue weighted by Crippen LogP contribution is 2.14. The van der Waals surface area contributed by atoms with Gasteiger partial charge in [0.25, 0.3) is 0 Å². The van der Waals surface area contributed by atoms with Crippen LogP contribution in [0.15, 0.2) is 0 Å². The normalized spacial score (nSPS) is 12.1. The number of rotatable bonds is 22. The van der Waals surface area contributed by atoms with E-state index in [2.05, 4.69) is 0 Å². The van der Waals surface area contributed by atoms with Crippen LogP contribution in [0.1, 0.15) is 116 Å². The van der Waals surface area contributed by atoms with Gasteiger partial charge in [-0.2, -0.15) is 0 Å². The van der Waals surface area contributed by atoms with Gasteiger partial charge in [-0.3, -0.25) is 9.59 Å². The number of hydrogen-bond donors (Lipinski definition) is 3. The summed E-state index contributed by atoms with van der Waals surface area (Å²) < 4.78 is 4.86. The molecule has 0 amide bonds. The molecule has 0 fully saturated rings. The fraction of sp³-hybridized carbons (Fsp3) is 0.913. The second-order valence-corrected chi connectivity index (χ2v) is 8.07. The maximum atomic E-state index is 11.4. The Morgan fingerprint density at radius 2 is 0.966 bits per heavy atom. The first-order valence-corrected chi connectivity index (χ1v) is 11.7. The van der Waals surface area contributed by atoms with E-state index in [4.69, 9.17) is 20.1 Å². The molecule has 0 spiro atoms. The molecule has 0 aromatic heterocycles. The molecule has 0 aromatic rings. The summed E-state index contributed by atoms with van der Waals surface area (Å²) in [5.41, 5.74) is 0. The first-order chi connectivity index (χ1) is 14.1. The molecule has 0 aliphatic heterocycles. The molecule has 0 aromatic carbocycles. The molecule has 1 unspecified atom stereocenters. The highest BCUT2D eigenvalue weighted by molar-refractivity contribution is 5.69. The standard InChI is InChI=1S/C23H44O6/c24-19-21(25)20-29-23(28)18-16-14-12-10-8-6-4-2-1-3-5-7-9-11-13-15-17-22(26)27/h21,24-25H,1-20H2,(H,26,27). The number of aliphatic hydroxyl groups excluding tert-OH is 2. The Labute approximate surface area is 177 Å². The lowest BCUT2D eigenvalue weighted by Gasteiger charge is -2.08. The molecule has 0 bridgehead atoms. The van der Waals surface area contributed by atoms with Crippen LogP contribution in [-0.4, -0.2) is 46.6 Å². The monoisotopic (exact) mass is 416 g/mol. The summed E-state index contributed by atoms with van der Waals surface area (Å²) in [6.07, 6.45) is 18.7. The number of carboxylic acid groups (broad SMARTS) is 1. The van der Waals surface area contributed by atoms with E-state index in [9.17, 15) is 9.59 Å². The molecule has 0 aliphatic carbocycles. The number of carbonyl (C=O) groups is 2. The van der Waals surface area contributed by atoms with Crippen LogP contribution >= 0.6 is 0 Å². The summed E-state index contributed by atoms with van der Waals surface area (Å²) in [6.45, 7) is -0.505. The molecule has 0 heterocycles. The minimum Gasteiger partial charge on any atom is -0.481 e. The van der Waals surface area contributed by atoms with Gasteiger partial charge in [-0.05, 0) is 12.8 Å². The van der Waals surface area contributed by atoms with Crippen LogP contribution in [0.4, 0.5) is 0 Å². The molecule has 0 aliphatic rings. The zero-order valence-corrected chi connectivity index (χ0v) is 18.3. The van der Waals surface area contributed by atoms with Gasteiger partial charge in [-0.1, -0.05) is 89.9 Å². The van der Waals surface area contributed by atoms with Crippen LogP contribution < -0.4 is 0 Å². The molecule has 1 atom stereocenters. The van der Waals surface area contributed by atoms with Crippen molar-refractivity contribution >= 4 is 11.9 Å². The fourth-order valence-electron chi connectivity index (χ4n) is 3.33. The lowest BCUT2D eigenvalue weighted by Crippen LogP contribution is -2.21. The molecule has 0 radical (unpaired) electrons. The van der Waals surface area contributed by atoms with Crippen LogP contribution in [0.25, 0.3) is 0 Å². The summed E-state index contributed by atoms with van der Waals surface area (Å²) in [5, 5.41) is 26.3. The van der Waals surface area contributed by atoms with Gasteiger partial charge >= 0.3 is 11.9 Å². The van der Waals surface area contributed by atoms with Crippen molar-refractivity contribution in [3.63, 3.8) is 0 Å². The highest BCUT2D eigenvalue weighted by Gasteiger charge is 2.07. The van der Waals surface area contributed by atoms with Crippen molar-refractivity contribution in [3.8, 4) is 0 Å². The largest absolute Gasteiger partial charge is 0.481 e. The van der Waals surface area contributed by atoms with Gasteiger partial charge in [0.1, 0.15) is 12.7 Å². The summed E-state index contributed by atoms with van der Waals surface area (Å²) in [4.78, 5) is 21.8. The Morgan fingerprint density at radius 3 is 1.31 bits per heavy atom. The van der Waals surface area contributed by atoms with Crippen LogP contribution in [0.2, 0.25) is 0 Å². The smallest absolute Gasteiger partial charge is 0.305 e. The van der Waals surface area contributed by atoms with Crippen molar-refractivity contribution in [1.82, 2.24) is 0 Å². The van der Waals surface area contributed by atoms with Gasteiger partial charge in [0.05, 0.1) is 6.61 Å². The molecule has 6 heteroatoms. The van der Waals surface area contributed by atoms with E-state index >= 15 is 0 Å². The minimum atomic E-state index is -0.971. The van der Waals surface area contributed by atoms with E-state index in [1.54, 1.807) is 0 Å². The number of aliphatic carboxylic acids is 1. The zero-order chi connectivity index (χ0) is 21.6. The van der Waals surface area contributed by atoms with Gasteiger partial charge in [0, 0.05) is 12.8 Å². The van der Waals surface area contributed by atoms with E-state index in [1.807, 2.05) is 0 Å². The van der Waals surface area contributed by atoms with Gasteiger partial charge in [-0.25, -0.2) is 0 Å². The van der Waals surface area contributed by atoms with Gasteiger partial charge in [0.2, 0.25) is 0 Å². The molecule has 3 N–H and O–H groups in total. The highest BCUT2D eigenvalue weighted by atomic mass is 16.5. The van der Waals surface area contributed by atoms with Crippen LogP contribution in [0.5, 0.6) is 0 Å². The van der Waals surface area contributed by atoms with Crippen LogP contribution in [0.3, 0.4) is 0 Å². The summed E-state index contributed by atoms with van der Waals surface area (Å²) >= 11 is 0. The molecule has 0 saturated heterocycles. The number of carbonyl (C=O) groups excluding carboxylic acids is 1. The maximum Gasteiger partial charge on any atom is 0.305 e. The maximum absolute atomic E-state index is 11.4. The van der Waals surface area contributed by atoms with E-state index in [0.29, 0.717) is 12.8 Å². The summed E-state index contributed by atoms with van der Waals surface area (Å²) in [7, 11) is 0. The third-order valence-corrected chi connectivity index (χ3v) is 5.17. The topological polar surface area (TPSA) is 104 Å². The van der Waals surface area contributed by atoms with Crippen molar-refractivity contribution in [2.24, 2.45) is 0 Å². The van der Waals surface area contributed by atoms with E-state index < -0.39 is 12.1 Å². The first kappa shape index (κ1) is 27.9. The number of ether oxygens (including phenoxy) is 1. The Hall–Kier alpha value is -1.14. The molecule has 29 heavy (non-hydrogen) atoms. The molecular weight excluding hydrogens is 372 g/mol. The van der Waals surface area contributed by atoms with Crippen molar-refractivity contribution < 1.29 is 29.6 Å². The van der Waals surface area contributed by atoms with Gasteiger partial charge in [0.15, 0.2) is 0 Å². The SMILES string of the molecule is O=C(O)CCCCCCCCCCCCCCCCCCC(=O)OCC(O)CO. The first-order valence-electron chi connectivity index (χ1n) is 11.7. The number of esters is 1. The average Bonchev–Trinajstić information content (AvgIpc) is 2.70. The van der Waals surface area contributed by atoms with Crippen LogP contribution in [-0.2, 0) is 14.3 Å². The number of hydrogen-bond acceptors (Lipinski definition) is 5. The summed E-state index contributed by atoms with van der Waals surface area (Å²) in [5.74, 6) is -0.976. The number of aliphatic hydroxyl groups is 2. The predicted molar refractivity (Wildman–Crippen MR) is 115 cm³/mol. The Balaban J connectivity index is 3.13. The van der Waals surface area contributed by atoms with E-state index in [1.165, 1.54) is 70.6 Å². The lowest BCUT2D eigenvalue weighted by molar-refractivity contribution is -0.147. The molecule has 0 saturated carbocycles. The lowest BCUT2D eigenvalue weighted by atomic mass is 10.0. The zero-order valence-electron chi connectivity index (χ0n) is 18.3. The molecule has 172 valence electrons. The Morgan fingerprint density at radius 1 is 0.621 bits per heavy atom. The fourth-order valence-corrected chi connectivity index (χ4v) is 3.33. The third kappa shape index (κ3) is 23.0.